The lowest BCUT2D eigenvalue weighted by molar-refractivity contribution is -0.145. The van der Waals surface area contributed by atoms with Crippen molar-refractivity contribution >= 4 is 11.6 Å². The van der Waals surface area contributed by atoms with Crippen molar-refractivity contribution in [3.8, 4) is 0 Å². The highest BCUT2D eigenvalue weighted by atomic mass is 16.1. The van der Waals surface area contributed by atoms with Crippen LogP contribution in [0.15, 0.2) is 0 Å². The zero-order valence-electron chi connectivity index (χ0n) is 7.14. The van der Waals surface area contributed by atoms with Crippen molar-refractivity contribution in [1.29, 1.82) is 0 Å². The van der Waals surface area contributed by atoms with Crippen molar-refractivity contribution in [1.82, 2.24) is 0 Å². The number of carbonyl (C=O) groups excluding carboxylic acids is 2. The normalized spacial score (nSPS) is 74.2. The van der Waals surface area contributed by atoms with Crippen molar-refractivity contribution in [3.63, 3.8) is 0 Å². The van der Waals surface area contributed by atoms with Gasteiger partial charge in [-0.25, -0.2) is 0 Å². The van der Waals surface area contributed by atoms with Crippen molar-refractivity contribution in [2.45, 2.75) is 6.42 Å². The molecule has 66 valence electrons. The van der Waals surface area contributed by atoms with E-state index in [9.17, 15) is 9.59 Å². The molecule has 0 aromatic heterocycles. The van der Waals surface area contributed by atoms with E-state index < -0.39 is 0 Å². The molecular weight excluding hydrogens is 164 g/mol. The monoisotopic (exact) mass is 174 g/mol. The van der Waals surface area contributed by atoms with E-state index in [2.05, 4.69) is 0 Å². The first kappa shape index (κ1) is 5.94. The molecule has 0 aromatic carbocycles. The SMILES string of the molecule is O=C1[C@@H]2[C@H]3C[C@H]4[C@@H]2C(=O)[C@H]2[C@@H]1[C@@H]3[C@@H]42. The van der Waals surface area contributed by atoms with E-state index in [1.54, 1.807) is 0 Å². The maximum atomic E-state index is 11.9. The molecule has 0 unspecified atom stereocenters. The first-order valence-corrected chi connectivity index (χ1v) is 5.38. The van der Waals surface area contributed by atoms with E-state index in [1.165, 1.54) is 6.42 Å². The van der Waals surface area contributed by atoms with Gasteiger partial charge in [-0.2, -0.15) is 0 Å². The third-order valence-corrected chi connectivity index (χ3v) is 5.82. The summed E-state index contributed by atoms with van der Waals surface area (Å²) in [7, 11) is 0. The van der Waals surface area contributed by atoms with Gasteiger partial charge in [-0.3, -0.25) is 9.59 Å². The van der Waals surface area contributed by atoms with Gasteiger partial charge >= 0.3 is 0 Å². The lowest BCUT2D eigenvalue weighted by Crippen LogP contribution is -2.47. The summed E-state index contributed by atoms with van der Waals surface area (Å²) in [5, 5.41) is 0. The van der Waals surface area contributed by atoms with Crippen LogP contribution < -0.4 is 0 Å². The number of rotatable bonds is 0. The summed E-state index contributed by atoms with van der Waals surface area (Å²) in [6.45, 7) is 0. The van der Waals surface area contributed by atoms with Gasteiger partial charge in [-0.15, -0.1) is 0 Å². The van der Waals surface area contributed by atoms with Gasteiger partial charge in [0.1, 0.15) is 11.6 Å². The second-order valence-corrected chi connectivity index (χ2v) is 5.63. The fourth-order valence-electron chi connectivity index (χ4n) is 5.80. The Kier molecular flexibility index (Phi) is 0.602. The highest BCUT2D eigenvalue weighted by Gasteiger charge is 2.84. The number of Topliss-reactive ketones (excluding diaryl/α,β-unsaturated/α-hetero) is 2. The van der Waals surface area contributed by atoms with E-state index in [-0.39, 0.29) is 23.7 Å². The van der Waals surface area contributed by atoms with Gasteiger partial charge in [0.15, 0.2) is 0 Å². The molecule has 2 bridgehead atoms. The standard InChI is InChI=1S/C11H10O2/c12-10-6-2-1-3-5-4(2)8(10)9(5)11(13)7(3)6/h2-9H,1H2/t2-,3+,4-,5+,6+,7-,8-,9+. The maximum Gasteiger partial charge on any atom is 0.141 e. The fraction of sp³-hybridized carbons (Fsp3) is 0.818. The molecule has 2 heteroatoms. The van der Waals surface area contributed by atoms with Crippen LogP contribution in [0.1, 0.15) is 6.42 Å². The minimum Gasteiger partial charge on any atom is -0.299 e. The third-order valence-electron chi connectivity index (χ3n) is 5.82. The minimum atomic E-state index is 0.211. The molecular formula is C11H10O2. The molecule has 5 fully saturated rings. The molecule has 0 aromatic rings. The van der Waals surface area contributed by atoms with Crippen molar-refractivity contribution in [2.75, 3.05) is 0 Å². The summed E-state index contributed by atoms with van der Waals surface area (Å²) in [6.07, 6.45) is 1.22. The van der Waals surface area contributed by atoms with Crippen LogP contribution in [0.4, 0.5) is 0 Å². The zero-order valence-corrected chi connectivity index (χ0v) is 7.14. The Balaban J connectivity index is 1.92. The Hall–Kier alpha value is -0.660. The summed E-state index contributed by atoms with van der Waals surface area (Å²) < 4.78 is 0. The van der Waals surface area contributed by atoms with Crippen LogP contribution in [-0.2, 0) is 9.59 Å². The fourth-order valence-corrected chi connectivity index (χ4v) is 5.80. The Labute approximate surface area is 75.7 Å². The predicted octanol–water partition coefficient (Wildman–Crippen LogP) is 0.512. The number of hydrogen-bond donors (Lipinski definition) is 0. The van der Waals surface area contributed by atoms with E-state index in [1.807, 2.05) is 0 Å². The molecule has 5 saturated carbocycles. The molecule has 8 atom stereocenters. The summed E-state index contributed by atoms with van der Waals surface area (Å²) in [4.78, 5) is 23.8. The van der Waals surface area contributed by atoms with Crippen LogP contribution in [0.2, 0.25) is 0 Å². The highest BCUT2D eigenvalue weighted by Crippen LogP contribution is 2.80. The van der Waals surface area contributed by atoms with E-state index >= 15 is 0 Å². The Bertz CT molecular complexity index is 346. The zero-order chi connectivity index (χ0) is 8.48. The van der Waals surface area contributed by atoms with Gasteiger partial charge in [0.25, 0.3) is 0 Å². The van der Waals surface area contributed by atoms with Crippen LogP contribution in [0.3, 0.4) is 0 Å². The quantitative estimate of drug-likeness (QED) is 0.536. The van der Waals surface area contributed by atoms with Crippen molar-refractivity contribution in [3.05, 3.63) is 0 Å². The smallest absolute Gasteiger partial charge is 0.141 e. The number of ketones is 2. The number of fused-ring (bicyclic) bond motifs is 2. The number of carbonyl (C=O) groups is 2. The molecule has 0 radical (unpaired) electrons. The molecule has 0 N–H and O–H groups in total. The molecule has 0 saturated heterocycles. The molecule has 13 heavy (non-hydrogen) atoms. The average Bonchev–Trinajstić information content (AvgIpc) is 2.52. The largest absolute Gasteiger partial charge is 0.299 e. The molecule has 0 spiro atoms. The first-order valence-electron chi connectivity index (χ1n) is 5.38. The molecule has 5 aliphatic rings. The molecule has 0 amide bonds. The lowest BCUT2D eigenvalue weighted by atomic mass is 9.59. The maximum absolute atomic E-state index is 11.9. The van der Waals surface area contributed by atoms with E-state index in [0.717, 1.165) is 0 Å². The highest BCUT2D eigenvalue weighted by molar-refractivity contribution is 6.06. The van der Waals surface area contributed by atoms with Gasteiger partial charge in [0.2, 0.25) is 0 Å². The lowest BCUT2D eigenvalue weighted by Gasteiger charge is -2.42. The Morgan fingerprint density at radius 3 is 1.69 bits per heavy atom. The second-order valence-electron chi connectivity index (χ2n) is 5.63. The topological polar surface area (TPSA) is 34.1 Å². The average molecular weight is 174 g/mol. The summed E-state index contributed by atoms with van der Waals surface area (Å²) in [5.41, 5.74) is 0. The Morgan fingerprint density at radius 1 is 0.769 bits per heavy atom. The predicted molar refractivity (Wildman–Crippen MR) is 42.6 cm³/mol. The van der Waals surface area contributed by atoms with Crippen LogP contribution in [0.25, 0.3) is 0 Å². The van der Waals surface area contributed by atoms with Crippen LogP contribution in [0, 0.1) is 47.3 Å². The number of hydrogen-bond acceptors (Lipinski definition) is 2. The molecule has 5 aliphatic carbocycles. The van der Waals surface area contributed by atoms with E-state index in [4.69, 9.17) is 0 Å². The minimum absolute atomic E-state index is 0.211. The molecule has 0 heterocycles. The first-order chi connectivity index (χ1) is 6.30. The summed E-state index contributed by atoms with van der Waals surface area (Å²) >= 11 is 0. The Morgan fingerprint density at radius 2 is 1.23 bits per heavy atom. The molecule has 5 rings (SSSR count). The van der Waals surface area contributed by atoms with Gasteiger partial charge in [0, 0.05) is 23.7 Å². The van der Waals surface area contributed by atoms with E-state index in [0.29, 0.717) is 35.2 Å². The summed E-state index contributed by atoms with van der Waals surface area (Å²) in [6, 6.07) is 0. The summed E-state index contributed by atoms with van der Waals surface area (Å²) in [5.74, 6) is 4.49. The van der Waals surface area contributed by atoms with Crippen LogP contribution in [0.5, 0.6) is 0 Å². The molecule has 2 nitrogen and oxygen atoms in total. The van der Waals surface area contributed by atoms with Gasteiger partial charge in [0.05, 0.1) is 0 Å². The third kappa shape index (κ3) is 0.323. The van der Waals surface area contributed by atoms with Gasteiger partial charge in [-0.1, -0.05) is 0 Å². The van der Waals surface area contributed by atoms with Gasteiger partial charge < -0.3 is 0 Å². The van der Waals surface area contributed by atoms with Crippen LogP contribution >= 0.6 is 0 Å². The second kappa shape index (κ2) is 1.32. The van der Waals surface area contributed by atoms with Crippen molar-refractivity contribution < 1.29 is 9.59 Å². The van der Waals surface area contributed by atoms with Crippen LogP contribution in [-0.4, -0.2) is 11.6 Å². The van der Waals surface area contributed by atoms with Gasteiger partial charge in [-0.05, 0) is 30.1 Å². The van der Waals surface area contributed by atoms with Crippen molar-refractivity contribution in [2.24, 2.45) is 47.3 Å². The molecule has 0 aliphatic heterocycles.